The number of allylic oxidation sites excluding steroid dienone is 1. The summed E-state index contributed by atoms with van der Waals surface area (Å²) in [6, 6.07) is 17.7. The third-order valence-electron chi connectivity index (χ3n) is 5.31. The van der Waals surface area contributed by atoms with E-state index in [0.29, 0.717) is 20.1 Å². The Hall–Kier alpha value is -3.19. The first kappa shape index (κ1) is 21.5. The van der Waals surface area contributed by atoms with Crippen molar-refractivity contribution in [1.82, 2.24) is 0 Å². The van der Waals surface area contributed by atoms with Crippen molar-refractivity contribution >= 4 is 31.9 Å². The summed E-state index contributed by atoms with van der Waals surface area (Å²) in [4.78, 5) is 11.8. The van der Waals surface area contributed by atoms with E-state index in [1.807, 2.05) is 18.2 Å². The third-order valence-corrected chi connectivity index (χ3v) is 6.29. The third kappa shape index (κ3) is 3.35. The van der Waals surface area contributed by atoms with Crippen LogP contribution < -0.4 is 5.73 Å². The van der Waals surface area contributed by atoms with Gasteiger partial charge in [-0.2, -0.15) is 15.8 Å². The van der Waals surface area contributed by atoms with Crippen molar-refractivity contribution in [3.8, 4) is 18.2 Å². The van der Waals surface area contributed by atoms with Gasteiger partial charge in [-0.3, -0.25) is 10.1 Å². The Bertz CT molecular complexity index is 1170. The Morgan fingerprint density at radius 2 is 1.53 bits per heavy atom. The minimum absolute atomic E-state index is 0.135. The first-order valence-corrected chi connectivity index (χ1v) is 10.3. The fourth-order valence-electron chi connectivity index (χ4n) is 4.04. The molecule has 1 aliphatic rings. The zero-order valence-electron chi connectivity index (χ0n) is 15.3. The average Bonchev–Trinajstić information content (AvgIpc) is 2.72. The number of benzene rings is 2. The molecule has 0 amide bonds. The number of hydrogen-bond donors (Lipinski definition) is 1. The molecule has 2 N–H and O–H groups in total. The molecule has 0 spiro atoms. The van der Waals surface area contributed by atoms with Crippen LogP contribution >= 0.6 is 31.9 Å². The molecule has 7 nitrogen and oxygen atoms in total. The maximum atomic E-state index is 12.4. The lowest BCUT2D eigenvalue weighted by molar-refractivity contribution is -0.532. The molecule has 0 unspecified atom stereocenters. The number of nitriles is 3. The van der Waals surface area contributed by atoms with Crippen molar-refractivity contribution in [2.24, 2.45) is 11.1 Å². The van der Waals surface area contributed by atoms with E-state index in [-0.39, 0.29) is 11.3 Å². The zero-order chi connectivity index (χ0) is 22.1. The molecule has 30 heavy (non-hydrogen) atoms. The highest BCUT2D eigenvalue weighted by Gasteiger charge is 2.61. The summed E-state index contributed by atoms with van der Waals surface area (Å²) >= 11 is 6.69. The van der Waals surface area contributed by atoms with Crippen molar-refractivity contribution in [2.75, 3.05) is 0 Å². The normalized spacial score (nSPS) is 22.4. The average molecular weight is 527 g/mol. The maximum absolute atomic E-state index is 12.4. The number of nitro groups is 1. The summed E-state index contributed by atoms with van der Waals surface area (Å²) in [5, 5.41) is 42.2. The minimum atomic E-state index is -2.06. The molecular weight excluding hydrogens is 514 g/mol. The molecular formula is C21H13Br2N5O2. The van der Waals surface area contributed by atoms with Crippen LogP contribution in [0.5, 0.6) is 0 Å². The highest BCUT2D eigenvalue weighted by Crippen LogP contribution is 2.54. The van der Waals surface area contributed by atoms with Crippen LogP contribution in [-0.2, 0) is 0 Å². The number of hydrogen-bond acceptors (Lipinski definition) is 6. The highest BCUT2D eigenvalue weighted by molar-refractivity contribution is 9.10. The number of nitrogens with two attached hydrogens (primary N) is 1. The SMILES string of the molecule is N#CC1=C(N)C(C#N)(C#N)[C@H](c2cccc(Br)c2)[C@@H]([N+](=O)[O-])[C@H]1c1cccc(Br)c1. The van der Waals surface area contributed by atoms with Crippen molar-refractivity contribution in [3.63, 3.8) is 0 Å². The summed E-state index contributed by atoms with van der Waals surface area (Å²) in [7, 11) is 0. The first-order chi connectivity index (χ1) is 14.3. The molecule has 0 aliphatic heterocycles. The summed E-state index contributed by atoms with van der Waals surface area (Å²) in [5.74, 6) is -2.22. The molecule has 3 rings (SSSR count). The highest BCUT2D eigenvalue weighted by atomic mass is 79.9. The van der Waals surface area contributed by atoms with E-state index in [1.54, 1.807) is 48.5 Å². The topological polar surface area (TPSA) is 141 Å². The van der Waals surface area contributed by atoms with Crippen molar-refractivity contribution in [1.29, 1.82) is 15.8 Å². The Kier molecular flexibility index (Phi) is 5.94. The summed E-state index contributed by atoms with van der Waals surface area (Å²) < 4.78 is 1.31. The van der Waals surface area contributed by atoms with Gasteiger partial charge in [0.25, 0.3) is 0 Å². The molecule has 0 saturated heterocycles. The van der Waals surface area contributed by atoms with Crippen molar-refractivity contribution in [2.45, 2.75) is 17.9 Å². The van der Waals surface area contributed by atoms with Gasteiger partial charge in [0.15, 0.2) is 5.41 Å². The van der Waals surface area contributed by atoms with Crippen LogP contribution in [0.3, 0.4) is 0 Å². The lowest BCUT2D eigenvalue weighted by Gasteiger charge is -2.40. The van der Waals surface area contributed by atoms with E-state index in [4.69, 9.17) is 5.73 Å². The Morgan fingerprint density at radius 3 is 2.00 bits per heavy atom. The smallest absolute Gasteiger partial charge is 0.234 e. The van der Waals surface area contributed by atoms with Gasteiger partial charge in [-0.1, -0.05) is 56.1 Å². The van der Waals surface area contributed by atoms with Gasteiger partial charge in [-0.15, -0.1) is 0 Å². The monoisotopic (exact) mass is 525 g/mol. The molecule has 0 bridgehead atoms. The van der Waals surface area contributed by atoms with Gasteiger partial charge in [-0.25, -0.2) is 0 Å². The Balaban J connectivity index is 2.44. The van der Waals surface area contributed by atoms with Crippen LogP contribution in [0.1, 0.15) is 23.0 Å². The maximum Gasteiger partial charge on any atom is 0.234 e. The fourth-order valence-corrected chi connectivity index (χ4v) is 4.87. The molecule has 0 fully saturated rings. The van der Waals surface area contributed by atoms with E-state index < -0.39 is 28.2 Å². The van der Waals surface area contributed by atoms with E-state index in [9.17, 15) is 25.9 Å². The quantitative estimate of drug-likeness (QED) is 0.460. The van der Waals surface area contributed by atoms with Gasteiger partial charge >= 0.3 is 0 Å². The van der Waals surface area contributed by atoms with E-state index >= 15 is 0 Å². The molecule has 3 atom stereocenters. The van der Waals surface area contributed by atoms with Gasteiger partial charge in [-0.05, 0) is 35.4 Å². The van der Waals surface area contributed by atoms with Gasteiger partial charge in [0.2, 0.25) is 6.04 Å². The standard InChI is InChI=1S/C21H13Br2N5O2/c22-14-5-1-3-12(7-14)17-16(9-24)20(27)21(10-25,11-26)18(19(17)28(29)30)13-4-2-6-15(23)8-13/h1-8,17-19H,27H2/t17-,18+,19-/m0/s1. The molecule has 1 aliphatic carbocycles. The second-order valence-corrected chi connectivity index (χ2v) is 8.64. The van der Waals surface area contributed by atoms with Crippen LogP contribution in [0.2, 0.25) is 0 Å². The van der Waals surface area contributed by atoms with Crippen molar-refractivity contribution in [3.05, 3.63) is 90.0 Å². The molecule has 0 heterocycles. The number of nitrogens with zero attached hydrogens (tertiary/aromatic N) is 4. The van der Waals surface area contributed by atoms with Gasteiger partial charge in [0, 0.05) is 13.9 Å². The van der Waals surface area contributed by atoms with Crippen molar-refractivity contribution < 1.29 is 4.92 Å². The van der Waals surface area contributed by atoms with Crippen LogP contribution in [-0.4, -0.2) is 11.0 Å². The Morgan fingerprint density at radius 1 is 1.00 bits per heavy atom. The van der Waals surface area contributed by atoms with Gasteiger partial charge in [0.1, 0.15) is 0 Å². The molecule has 2 aromatic rings. The predicted molar refractivity (Wildman–Crippen MR) is 115 cm³/mol. The second-order valence-electron chi connectivity index (χ2n) is 6.81. The molecule has 0 saturated carbocycles. The number of rotatable bonds is 3. The molecule has 148 valence electrons. The lowest BCUT2D eigenvalue weighted by Crippen LogP contribution is -2.50. The van der Waals surface area contributed by atoms with Crippen LogP contribution in [0.25, 0.3) is 0 Å². The molecule has 0 aromatic heterocycles. The summed E-state index contributed by atoms with van der Waals surface area (Å²) in [6.45, 7) is 0. The van der Waals surface area contributed by atoms with E-state index in [2.05, 4.69) is 31.9 Å². The Labute approximate surface area is 189 Å². The zero-order valence-corrected chi connectivity index (χ0v) is 18.5. The molecule has 9 heteroatoms. The summed E-state index contributed by atoms with van der Waals surface area (Å²) in [6.07, 6.45) is 0. The minimum Gasteiger partial charge on any atom is -0.399 e. The predicted octanol–water partition coefficient (Wildman–Crippen LogP) is 4.51. The fraction of sp³-hybridized carbons (Fsp3) is 0.190. The van der Waals surface area contributed by atoms with E-state index in [0.717, 1.165) is 0 Å². The van der Waals surface area contributed by atoms with Gasteiger partial charge < -0.3 is 5.73 Å². The second kappa shape index (κ2) is 8.28. The lowest BCUT2D eigenvalue weighted by atomic mass is 9.58. The van der Waals surface area contributed by atoms with Crippen LogP contribution in [0.15, 0.2) is 68.7 Å². The molecule has 0 radical (unpaired) electrons. The first-order valence-electron chi connectivity index (χ1n) is 8.67. The number of halogens is 2. The summed E-state index contributed by atoms with van der Waals surface area (Å²) in [5.41, 5.74) is 4.71. The largest absolute Gasteiger partial charge is 0.399 e. The van der Waals surface area contributed by atoms with E-state index in [1.165, 1.54) is 0 Å². The molecule has 2 aromatic carbocycles. The van der Waals surface area contributed by atoms with Crippen LogP contribution in [0, 0.1) is 49.5 Å². The van der Waals surface area contributed by atoms with Gasteiger partial charge in [0.05, 0.1) is 41.3 Å². The van der Waals surface area contributed by atoms with Crippen LogP contribution in [0.4, 0.5) is 0 Å².